The summed E-state index contributed by atoms with van der Waals surface area (Å²) in [5.74, 6) is 0. The molecule has 1 rings (SSSR count). The number of methoxy groups -OCH3 is 1. The zero-order chi connectivity index (χ0) is 11.5. The van der Waals surface area contributed by atoms with E-state index in [0.29, 0.717) is 6.04 Å². The van der Waals surface area contributed by atoms with E-state index in [0.717, 1.165) is 6.54 Å². The summed E-state index contributed by atoms with van der Waals surface area (Å²) in [7, 11) is 1.80. The second-order valence-electron chi connectivity index (χ2n) is 5.37. The van der Waals surface area contributed by atoms with Crippen molar-refractivity contribution in [1.29, 1.82) is 0 Å². The summed E-state index contributed by atoms with van der Waals surface area (Å²) >= 11 is 0. The van der Waals surface area contributed by atoms with Gasteiger partial charge in [0.2, 0.25) is 0 Å². The summed E-state index contributed by atoms with van der Waals surface area (Å²) in [6.45, 7) is 14.6. The van der Waals surface area contributed by atoms with Crippen LogP contribution >= 0.6 is 0 Å². The fourth-order valence-electron chi connectivity index (χ4n) is 2.04. The van der Waals surface area contributed by atoms with Gasteiger partial charge in [-0.2, -0.15) is 0 Å². The number of piperazine rings is 1. The third kappa shape index (κ3) is 4.09. The zero-order valence-corrected chi connectivity index (χ0v) is 10.9. The average molecular weight is 214 g/mol. The van der Waals surface area contributed by atoms with Crippen LogP contribution in [0, 0.1) is 0 Å². The first kappa shape index (κ1) is 12.9. The molecule has 0 unspecified atom stereocenters. The van der Waals surface area contributed by atoms with Crippen molar-refractivity contribution >= 4 is 0 Å². The quantitative estimate of drug-likeness (QED) is 0.704. The van der Waals surface area contributed by atoms with Gasteiger partial charge in [0.1, 0.15) is 0 Å². The van der Waals surface area contributed by atoms with Crippen LogP contribution in [0.25, 0.3) is 0 Å². The molecule has 0 N–H and O–H groups in total. The highest BCUT2D eigenvalue weighted by atomic mass is 16.5. The van der Waals surface area contributed by atoms with Gasteiger partial charge in [0.15, 0.2) is 0 Å². The number of nitrogens with zero attached hydrogens (tertiary/aromatic N) is 2. The van der Waals surface area contributed by atoms with Crippen molar-refractivity contribution in [1.82, 2.24) is 9.80 Å². The standard InChI is InChI=1S/C12H26N2O/c1-11(2)14-8-6-13(7-9-14)10-12(3,4)15-5/h11H,6-10H2,1-5H3. The lowest BCUT2D eigenvalue weighted by Crippen LogP contribution is -2.52. The Morgan fingerprint density at radius 2 is 1.67 bits per heavy atom. The van der Waals surface area contributed by atoms with Crippen molar-refractivity contribution in [2.24, 2.45) is 0 Å². The second-order valence-corrected chi connectivity index (χ2v) is 5.37. The largest absolute Gasteiger partial charge is 0.377 e. The van der Waals surface area contributed by atoms with Crippen LogP contribution in [0.5, 0.6) is 0 Å². The number of hydrogen-bond acceptors (Lipinski definition) is 3. The van der Waals surface area contributed by atoms with Crippen LogP contribution in [-0.2, 0) is 4.74 Å². The molecule has 1 saturated heterocycles. The van der Waals surface area contributed by atoms with Crippen LogP contribution in [0.15, 0.2) is 0 Å². The molecule has 0 aromatic rings. The number of rotatable bonds is 4. The van der Waals surface area contributed by atoms with Crippen LogP contribution < -0.4 is 0 Å². The molecule has 1 fully saturated rings. The summed E-state index contributed by atoms with van der Waals surface area (Å²) < 4.78 is 5.46. The molecule has 3 heteroatoms. The van der Waals surface area contributed by atoms with Crippen molar-refractivity contribution in [3.05, 3.63) is 0 Å². The topological polar surface area (TPSA) is 15.7 Å². The Morgan fingerprint density at radius 1 is 1.13 bits per heavy atom. The van der Waals surface area contributed by atoms with Crippen LogP contribution in [0.2, 0.25) is 0 Å². The van der Waals surface area contributed by atoms with E-state index in [1.165, 1.54) is 26.2 Å². The lowest BCUT2D eigenvalue weighted by Gasteiger charge is -2.39. The first-order valence-corrected chi connectivity index (χ1v) is 5.96. The van der Waals surface area contributed by atoms with E-state index in [1.54, 1.807) is 7.11 Å². The van der Waals surface area contributed by atoms with E-state index in [2.05, 4.69) is 37.5 Å². The third-order valence-electron chi connectivity index (χ3n) is 3.29. The predicted octanol–water partition coefficient (Wildman–Crippen LogP) is 1.44. The van der Waals surface area contributed by atoms with Gasteiger partial charge in [0.25, 0.3) is 0 Å². The molecule has 0 aliphatic carbocycles. The molecule has 1 aliphatic rings. The van der Waals surface area contributed by atoms with Crippen molar-refractivity contribution in [2.45, 2.75) is 39.3 Å². The van der Waals surface area contributed by atoms with Gasteiger partial charge in [-0.3, -0.25) is 9.80 Å². The molecular weight excluding hydrogens is 188 g/mol. The monoisotopic (exact) mass is 214 g/mol. The SMILES string of the molecule is COC(C)(C)CN1CCN(C(C)C)CC1. The van der Waals surface area contributed by atoms with E-state index in [4.69, 9.17) is 4.74 Å². The molecule has 0 radical (unpaired) electrons. The maximum absolute atomic E-state index is 5.46. The molecule has 0 amide bonds. The van der Waals surface area contributed by atoms with Crippen LogP contribution in [-0.4, -0.2) is 61.3 Å². The first-order valence-electron chi connectivity index (χ1n) is 5.96. The van der Waals surface area contributed by atoms with Gasteiger partial charge < -0.3 is 4.74 Å². The van der Waals surface area contributed by atoms with Gasteiger partial charge in [-0.25, -0.2) is 0 Å². The Balaban J connectivity index is 2.32. The molecule has 1 aliphatic heterocycles. The van der Waals surface area contributed by atoms with Crippen molar-refractivity contribution in [2.75, 3.05) is 39.8 Å². The molecule has 3 nitrogen and oxygen atoms in total. The fourth-order valence-corrected chi connectivity index (χ4v) is 2.04. The molecule has 15 heavy (non-hydrogen) atoms. The number of ether oxygens (including phenoxy) is 1. The Labute approximate surface area is 94.4 Å². The average Bonchev–Trinajstić information content (AvgIpc) is 2.18. The molecule has 0 aromatic carbocycles. The Morgan fingerprint density at radius 3 is 2.07 bits per heavy atom. The summed E-state index contributed by atoms with van der Waals surface area (Å²) in [5.41, 5.74) is -0.0139. The highest BCUT2D eigenvalue weighted by Gasteiger charge is 2.24. The molecule has 90 valence electrons. The Bertz CT molecular complexity index is 184. The van der Waals surface area contributed by atoms with Crippen molar-refractivity contribution in [3.63, 3.8) is 0 Å². The van der Waals surface area contributed by atoms with Crippen LogP contribution in [0.1, 0.15) is 27.7 Å². The highest BCUT2D eigenvalue weighted by molar-refractivity contribution is 4.79. The maximum Gasteiger partial charge on any atom is 0.0749 e. The van der Waals surface area contributed by atoms with Gasteiger partial charge in [-0.15, -0.1) is 0 Å². The minimum absolute atomic E-state index is 0.0139. The van der Waals surface area contributed by atoms with E-state index in [9.17, 15) is 0 Å². The Kier molecular flexibility index (Phi) is 4.56. The zero-order valence-electron chi connectivity index (χ0n) is 10.9. The highest BCUT2D eigenvalue weighted by Crippen LogP contribution is 2.13. The van der Waals surface area contributed by atoms with E-state index in [1.807, 2.05) is 0 Å². The fraction of sp³-hybridized carbons (Fsp3) is 1.00. The van der Waals surface area contributed by atoms with E-state index >= 15 is 0 Å². The van der Waals surface area contributed by atoms with E-state index in [-0.39, 0.29) is 5.60 Å². The van der Waals surface area contributed by atoms with Gasteiger partial charge >= 0.3 is 0 Å². The third-order valence-corrected chi connectivity index (χ3v) is 3.29. The van der Waals surface area contributed by atoms with Gasteiger partial charge in [-0.05, 0) is 27.7 Å². The molecule has 0 aromatic heterocycles. The summed E-state index contributed by atoms with van der Waals surface area (Å²) in [4.78, 5) is 5.04. The van der Waals surface area contributed by atoms with E-state index < -0.39 is 0 Å². The van der Waals surface area contributed by atoms with Gasteiger partial charge in [0, 0.05) is 45.9 Å². The van der Waals surface area contributed by atoms with Crippen molar-refractivity contribution in [3.8, 4) is 0 Å². The molecule has 0 bridgehead atoms. The van der Waals surface area contributed by atoms with Crippen LogP contribution in [0.4, 0.5) is 0 Å². The molecule has 0 spiro atoms. The second kappa shape index (κ2) is 5.28. The summed E-state index contributed by atoms with van der Waals surface area (Å²) in [6.07, 6.45) is 0. The number of hydrogen-bond donors (Lipinski definition) is 0. The van der Waals surface area contributed by atoms with Gasteiger partial charge in [0.05, 0.1) is 5.60 Å². The van der Waals surface area contributed by atoms with Crippen LogP contribution in [0.3, 0.4) is 0 Å². The lowest BCUT2D eigenvalue weighted by atomic mass is 10.1. The predicted molar refractivity (Wildman–Crippen MR) is 64.2 cm³/mol. The first-order chi connectivity index (χ1) is 6.94. The molecular formula is C12H26N2O. The molecule has 1 heterocycles. The minimum Gasteiger partial charge on any atom is -0.377 e. The molecule has 0 saturated carbocycles. The minimum atomic E-state index is -0.0139. The maximum atomic E-state index is 5.46. The normalized spacial score (nSPS) is 21.2. The van der Waals surface area contributed by atoms with Crippen molar-refractivity contribution < 1.29 is 4.74 Å². The summed E-state index contributed by atoms with van der Waals surface area (Å²) in [6, 6.07) is 0.683. The lowest BCUT2D eigenvalue weighted by molar-refractivity contribution is -0.0202. The molecule has 0 atom stereocenters. The van der Waals surface area contributed by atoms with Gasteiger partial charge in [-0.1, -0.05) is 0 Å². The smallest absolute Gasteiger partial charge is 0.0749 e. The summed E-state index contributed by atoms with van der Waals surface area (Å²) in [5, 5.41) is 0. The Hall–Kier alpha value is -0.120.